The minimum Gasteiger partial charge on any atom is -0.462 e. The van der Waals surface area contributed by atoms with Gasteiger partial charge in [0.25, 0.3) is 0 Å². The van der Waals surface area contributed by atoms with Crippen LogP contribution in [0.1, 0.15) is 27.8 Å². The lowest BCUT2D eigenvalue weighted by Gasteiger charge is -2.45. The Kier molecular flexibility index (Phi) is 11.8. The smallest absolute Gasteiger partial charge is 0.229 e. The number of ether oxygens (including phenoxy) is 6. The fraction of sp³-hybridized carbons (Fsp3) is 0.268. The first kappa shape index (κ1) is 32.6. The van der Waals surface area contributed by atoms with Crippen molar-refractivity contribution in [3.8, 4) is 5.75 Å². The van der Waals surface area contributed by atoms with Crippen molar-refractivity contribution in [2.24, 2.45) is 0 Å². The number of rotatable bonds is 15. The molecule has 0 amide bonds. The Morgan fingerprint density at radius 3 is 1.38 bits per heavy atom. The van der Waals surface area contributed by atoms with E-state index in [1.807, 2.05) is 121 Å². The average Bonchev–Trinajstić information content (AvgIpc) is 3.12. The molecule has 1 fully saturated rings. The van der Waals surface area contributed by atoms with Crippen molar-refractivity contribution in [2.75, 3.05) is 6.61 Å². The summed E-state index contributed by atoms with van der Waals surface area (Å²) in [6, 6.07) is 48.4. The molecular weight excluding hydrogens is 588 g/mol. The van der Waals surface area contributed by atoms with Crippen molar-refractivity contribution < 1.29 is 28.4 Å². The van der Waals surface area contributed by atoms with Crippen LogP contribution in [-0.2, 0) is 50.1 Å². The monoisotopic (exact) mass is 630 g/mol. The summed E-state index contributed by atoms with van der Waals surface area (Å²) in [5.41, 5.74) is 5.37. The third-order valence-electron chi connectivity index (χ3n) is 8.11. The molecule has 47 heavy (non-hydrogen) atoms. The van der Waals surface area contributed by atoms with Crippen molar-refractivity contribution in [1.82, 2.24) is 0 Å². The molecule has 6 heteroatoms. The van der Waals surface area contributed by atoms with Crippen molar-refractivity contribution in [3.63, 3.8) is 0 Å². The molecule has 5 aromatic rings. The highest BCUT2D eigenvalue weighted by Crippen LogP contribution is 2.32. The summed E-state index contributed by atoms with van der Waals surface area (Å²) in [7, 11) is 0. The average molecular weight is 631 g/mol. The van der Waals surface area contributed by atoms with Crippen LogP contribution >= 0.6 is 0 Å². The summed E-state index contributed by atoms with van der Waals surface area (Å²) >= 11 is 0. The summed E-state index contributed by atoms with van der Waals surface area (Å²) in [6.45, 7) is 3.88. The first-order valence-corrected chi connectivity index (χ1v) is 16.2. The van der Waals surface area contributed by atoms with Crippen molar-refractivity contribution >= 4 is 0 Å². The van der Waals surface area contributed by atoms with Gasteiger partial charge in [-0.25, -0.2) is 0 Å². The van der Waals surface area contributed by atoms with Crippen LogP contribution in [0.3, 0.4) is 0 Å². The number of aryl methyl sites for hydroxylation is 1. The highest BCUT2D eigenvalue weighted by Gasteiger charge is 2.49. The molecule has 1 heterocycles. The predicted molar refractivity (Wildman–Crippen MR) is 182 cm³/mol. The van der Waals surface area contributed by atoms with Crippen LogP contribution in [0.4, 0.5) is 0 Å². The summed E-state index contributed by atoms with van der Waals surface area (Å²) in [6.07, 6.45) is -2.98. The first-order chi connectivity index (χ1) is 23.2. The van der Waals surface area contributed by atoms with Gasteiger partial charge in [0.15, 0.2) is 0 Å². The van der Waals surface area contributed by atoms with Crippen molar-refractivity contribution in [3.05, 3.63) is 173 Å². The summed E-state index contributed by atoms with van der Waals surface area (Å²) in [5.74, 6) is 0.684. The molecular formula is C41H42O6. The zero-order valence-corrected chi connectivity index (χ0v) is 26.7. The highest BCUT2D eigenvalue weighted by molar-refractivity contribution is 5.27. The highest BCUT2D eigenvalue weighted by atomic mass is 16.7. The van der Waals surface area contributed by atoms with Gasteiger partial charge in [-0.2, -0.15) is 0 Å². The number of benzene rings is 5. The molecule has 0 radical (unpaired) electrons. The Morgan fingerprint density at radius 2 is 0.894 bits per heavy atom. The van der Waals surface area contributed by atoms with E-state index in [-0.39, 0.29) is 6.61 Å². The second kappa shape index (κ2) is 17.0. The summed E-state index contributed by atoms with van der Waals surface area (Å²) in [4.78, 5) is 0. The minimum absolute atomic E-state index is 0.276. The standard InChI is InChI=1S/C41H42O6/c1-31-22-24-36(25-23-31)46-41-40(45-29-35-20-12-5-13-21-35)39(44-28-34-18-10-4-11-19-34)38(43-27-33-16-8-3-9-17-33)37(47-41)30-42-26-32-14-6-2-7-15-32/h2-25,37-41H,26-30H2,1H3/t37-,38-,39+,40-,41-/m1/s1. The molecule has 1 aliphatic heterocycles. The fourth-order valence-corrected chi connectivity index (χ4v) is 5.59. The van der Waals surface area contributed by atoms with Gasteiger partial charge in [0.2, 0.25) is 6.29 Å². The Bertz CT molecular complexity index is 1580. The SMILES string of the molecule is Cc1ccc(O[C@@H]2O[C@H](COCc3ccccc3)[C@@H](OCc3ccccc3)[C@H](OCc3ccccc3)[C@H]2OCc2ccccc2)cc1. The molecule has 0 bridgehead atoms. The zero-order chi connectivity index (χ0) is 32.1. The predicted octanol–water partition coefficient (Wildman–Crippen LogP) is 8.07. The van der Waals surface area contributed by atoms with E-state index in [2.05, 4.69) is 31.2 Å². The number of hydrogen-bond acceptors (Lipinski definition) is 6. The Hall–Kier alpha value is -4.30. The van der Waals surface area contributed by atoms with Gasteiger partial charge in [-0.05, 0) is 41.3 Å². The third kappa shape index (κ3) is 9.61. The normalized spacial score (nSPS) is 20.9. The molecule has 6 nitrogen and oxygen atoms in total. The maximum Gasteiger partial charge on any atom is 0.229 e. The second-order valence-corrected chi connectivity index (χ2v) is 11.8. The molecule has 5 atom stereocenters. The zero-order valence-electron chi connectivity index (χ0n) is 26.7. The van der Waals surface area contributed by atoms with Crippen LogP contribution in [0.2, 0.25) is 0 Å². The molecule has 0 unspecified atom stereocenters. The Morgan fingerprint density at radius 1 is 0.468 bits per heavy atom. The van der Waals surface area contributed by atoms with Gasteiger partial charge in [-0.15, -0.1) is 0 Å². The van der Waals surface area contributed by atoms with E-state index < -0.39 is 30.7 Å². The lowest BCUT2D eigenvalue weighted by Crippen LogP contribution is -2.62. The van der Waals surface area contributed by atoms with E-state index in [9.17, 15) is 0 Å². The lowest BCUT2D eigenvalue weighted by atomic mass is 9.97. The molecule has 0 saturated carbocycles. The lowest BCUT2D eigenvalue weighted by molar-refractivity contribution is -0.310. The first-order valence-electron chi connectivity index (χ1n) is 16.2. The van der Waals surface area contributed by atoms with Crippen LogP contribution < -0.4 is 4.74 Å². The third-order valence-corrected chi connectivity index (χ3v) is 8.11. The fourth-order valence-electron chi connectivity index (χ4n) is 5.59. The molecule has 0 aromatic heterocycles. The van der Waals surface area contributed by atoms with Gasteiger partial charge in [0.05, 0.1) is 33.0 Å². The minimum atomic E-state index is -0.788. The molecule has 5 aromatic carbocycles. The van der Waals surface area contributed by atoms with Gasteiger partial charge in [-0.3, -0.25) is 0 Å². The Labute approximate surface area is 277 Å². The molecule has 242 valence electrons. The van der Waals surface area contributed by atoms with E-state index >= 15 is 0 Å². The largest absolute Gasteiger partial charge is 0.462 e. The van der Waals surface area contributed by atoms with Crippen molar-refractivity contribution in [1.29, 1.82) is 0 Å². The van der Waals surface area contributed by atoms with E-state index in [0.717, 1.165) is 27.8 Å². The maximum absolute atomic E-state index is 6.79. The quantitative estimate of drug-likeness (QED) is 0.117. The number of hydrogen-bond donors (Lipinski definition) is 0. The van der Waals surface area contributed by atoms with Crippen LogP contribution in [0, 0.1) is 6.92 Å². The molecule has 0 N–H and O–H groups in total. The van der Waals surface area contributed by atoms with Crippen LogP contribution in [0.5, 0.6) is 5.75 Å². The molecule has 0 spiro atoms. The van der Waals surface area contributed by atoms with E-state index in [1.54, 1.807) is 0 Å². The van der Waals surface area contributed by atoms with Gasteiger partial charge in [-0.1, -0.05) is 139 Å². The summed E-state index contributed by atoms with van der Waals surface area (Å²) in [5, 5.41) is 0. The van der Waals surface area contributed by atoms with Gasteiger partial charge >= 0.3 is 0 Å². The van der Waals surface area contributed by atoms with Crippen LogP contribution in [0.25, 0.3) is 0 Å². The maximum atomic E-state index is 6.79. The van der Waals surface area contributed by atoms with Gasteiger partial charge in [0.1, 0.15) is 30.2 Å². The molecule has 1 aliphatic rings. The topological polar surface area (TPSA) is 55.4 Å². The van der Waals surface area contributed by atoms with Gasteiger partial charge < -0.3 is 28.4 Å². The van der Waals surface area contributed by atoms with Crippen LogP contribution in [0.15, 0.2) is 146 Å². The van der Waals surface area contributed by atoms with E-state index in [1.165, 1.54) is 0 Å². The van der Waals surface area contributed by atoms with E-state index in [0.29, 0.717) is 32.2 Å². The molecule has 0 aliphatic carbocycles. The van der Waals surface area contributed by atoms with Crippen LogP contribution in [-0.4, -0.2) is 37.3 Å². The Balaban J connectivity index is 1.31. The van der Waals surface area contributed by atoms with Crippen molar-refractivity contribution in [2.45, 2.75) is 64.1 Å². The summed E-state index contributed by atoms with van der Waals surface area (Å²) < 4.78 is 39.8. The molecule has 1 saturated heterocycles. The second-order valence-electron chi connectivity index (χ2n) is 11.8. The molecule has 6 rings (SSSR count). The van der Waals surface area contributed by atoms with E-state index in [4.69, 9.17) is 28.4 Å². The van der Waals surface area contributed by atoms with Gasteiger partial charge in [0, 0.05) is 0 Å².